The molecule has 8 heteroatoms. The lowest BCUT2D eigenvalue weighted by molar-refractivity contribution is -0.115. The van der Waals surface area contributed by atoms with E-state index < -0.39 is 17.5 Å². The Hall–Kier alpha value is -3.13. The first kappa shape index (κ1) is 18.2. The van der Waals surface area contributed by atoms with E-state index in [2.05, 4.69) is 15.3 Å². The quantitative estimate of drug-likeness (QED) is 0.533. The van der Waals surface area contributed by atoms with Crippen LogP contribution in [0.5, 0.6) is 0 Å². The molecule has 0 aliphatic rings. The molecule has 0 aliphatic carbocycles. The van der Waals surface area contributed by atoms with Gasteiger partial charge in [0.1, 0.15) is 22.3 Å². The molecule has 0 unspecified atom stereocenters. The number of rotatable bonds is 5. The first-order chi connectivity index (χ1) is 13.5. The molecule has 0 aliphatic heterocycles. The zero-order valence-electron chi connectivity index (χ0n) is 14.9. The van der Waals surface area contributed by atoms with Crippen LogP contribution in [0.1, 0.15) is 12.6 Å². The zero-order valence-corrected chi connectivity index (χ0v) is 15.8. The number of aromatic nitrogens is 3. The van der Waals surface area contributed by atoms with Gasteiger partial charge in [0.15, 0.2) is 0 Å². The summed E-state index contributed by atoms with van der Waals surface area (Å²) in [6.07, 6.45) is 3.72. The topological polar surface area (TPSA) is 59.8 Å². The smallest absolute Gasteiger partial charge is 0.230 e. The van der Waals surface area contributed by atoms with Crippen LogP contribution in [-0.4, -0.2) is 20.4 Å². The normalized spacial score (nSPS) is 11.1. The van der Waals surface area contributed by atoms with E-state index in [-0.39, 0.29) is 12.1 Å². The number of halogens is 2. The van der Waals surface area contributed by atoms with Gasteiger partial charge in [0, 0.05) is 41.3 Å². The number of hydrogen-bond acceptors (Lipinski definition) is 4. The minimum atomic E-state index is -0.686. The summed E-state index contributed by atoms with van der Waals surface area (Å²) < 4.78 is 29.0. The highest BCUT2D eigenvalue weighted by molar-refractivity contribution is 7.13. The zero-order chi connectivity index (χ0) is 19.7. The number of carbonyl (C=O) groups excluding carboxylic acids is 1. The number of nitrogens with zero attached hydrogens (tertiary/aromatic N) is 3. The number of benzene rings is 1. The van der Waals surface area contributed by atoms with Crippen LogP contribution in [0.15, 0.2) is 48.1 Å². The van der Waals surface area contributed by atoms with Crippen molar-refractivity contribution in [3.8, 4) is 10.6 Å². The van der Waals surface area contributed by atoms with Crippen molar-refractivity contribution in [3.05, 3.63) is 65.4 Å². The lowest BCUT2D eigenvalue weighted by Gasteiger charge is -2.05. The molecule has 1 amide bonds. The fourth-order valence-corrected chi connectivity index (χ4v) is 3.84. The van der Waals surface area contributed by atoms with Gasteiger partial charge in [-0.15, -0.1) is 11.3 Å². The third-order valence-electron chi connectivity index (χ3n) is 4.30. The molecular formula is C20H16F2N4OS. The summed E-state index contributed by atoms with van der Waals surface area (Å²) in [5, 5.41) is 5.96. The second-order valence-electron chi connectivity index (χ2n) is 6.20. The second kappa shape index (κ2) is 7.47. The van der Waals surface area contributed by atoms with E-state index in [0.29, 0.717) is 5.69 Å². The SMILES string of the molecule is CCn1cc(-c2nc(CC(=O)Nc3cc(F)ccc3F)cs2)c2cccnc21. The number of anilines is 1. The predicted molar refractivity (Wildman–Crippen MR) is 105 cm³/mol. The summed E-state index contributed by atoms with van der Waals surface area (Å²) in [4.78, 5) is 21.2. The number of amides is 1. The third-order valence-corrected chi connectivity index (χ3v) is 5.23. The van der Waals surface area contributed by atoms with E-state index in [1.807, 2.05) is 29.8 Å². The molecule has 142 valence electrons. The number of nitrogens with one attached hydrogen (secondary N) is 1. The van der Waals surface area contributed by atoms with Crippen molar-refractivity contribution in [2.75, 3.05) is 5.32 Å². The average Bonchev–Trinajstić information content (AvgIpc) is 3.29. The van der Waals surface area contributed by atoms with Gasteiger partial charge in [0.2, 0.25) is 5.91 Å². The Morgan fingerprint density at radius 1 is 1.29 bits per heavy atom. The Labute approximate surface area is 163 Å². The molecule has 28 heavy (non-hydrogen) atoms. The minimum Gasteiger partial charge on any atom is -0.332 e. The van der Waals surface area contributed by atoms with Gasteiger partial charge >= 0.3 is 0 Å². The summed E-state index contributed by atoms with van der Waals surface area (Å²) in [7, 11) is 0. The number of fused-ring (bicyclic) bond motifs is 1. The van der Waals surface area contributed by atoms with Gasteiger partial charge in [0.25, 0.3) is 0 Å². The van der Waals surface area contributed by atoms with E-state index in [1.54, 1.807) is 11.6 Å². The van der Waals surface area contributed by atoms with Crippen molar-refractivity contribution in [3.63, 3.8) is 0 Å². The molecule has 4 aromatic rings. The summed E-state index contributed by atoms with van der Waals surface area (Å²) >= 11 is 1.43. The minimum absolute atomic E-state index is 0.0306. The molecule has 3 heterocycles. The van der Waals surface area contributed by atoms with Crippen molar-refractivity contribution in [1.29, 1.82) is 0 Å². The lowest BCUT2D eigenvalue weighted by Crippen LogP contribution is -2.15. The van der Waals surface area contributed by atoms with Crippen molar-refractivity contribution in [2.45, 2.75) is 19.9 Å². The van der Waals surface area contributed by atoms with E-state index in [4.69, 9.17) is 0 Å². The number of aryl methyl sites for hydroxylation is 1. The Morgan fingerprint density at radius 3 is 2.96 bits per heavy atom. The fourth-order valence-electron chi connectivity index (χ4n) is 3.00. The molecule has 0 bridgehead atoms. The number of carbonyl (C=O) groups is 1. The highest BCUT2D eigenvalue weighted by atomic mass is 32.1. The van der Waals surface area contributed by atoms with Gasteiger partial charge in [-0.05, 0) is 31.2 Å². The monoisotopic (exact) mass is 398 g/mol. The molecule has 3 aromatic heterocycles. The maximum atomic E-state index is 13.7. The second-order valence-corrected chi connectivity index (χ2v) is 7.05. The van der Waals surface area contributed by atoms with Crippen LogP contribution in [0.4, 0.5) is 14.5 Å². The van der Waals surface area contributed by atoms with Gasteiger partial charge in [-0.3, -0.25) is 4.79 Å². The predicted octanol–water partition coefficient (Wildman–Crippen LogP) is 4.64. The van der Waals surface area contributed by atoms with Gasteiger partial charge < -0.3 is 9.88 Å². The Bertz CT molecular complexity index is 1170. The Balaban J connectivity index is 1.55. The maximum absolute atomic E-state index is 13.7. The molecular weight excluding hydrogens is 382 g/mol. The summed E-state index contributed by atoms with van der Waals surface area (Å²) in [5.41, 5.74) is 2.22. The number of hydrogen-bond donors (Lipinski definition) is 1. The molecule has 0 spiro atoms. The highest BCUT2D eigenvalue weighted by Gasteiger charge is 2.15. The van der Waals surface area contributed by atoms with Crippen LogP contribution < -0.4 is 5.32 Å². The van der Waals surface area contributed by atoms with Gasteiger partial charge in [-0.2, -0.15) is 0 Å². The molecule has 0 saturated heterocycles. The third kappa shape index (κ3) is 3.50. The van der Waals surface area contributed by atoms with Crippen LogP contribution in [0, 0.1) is 11.6 Å². The van der Waals surface area contributed by atoms with E-state index >= 15 is 0 Å². The molecule has 4 rings (SSSR count). The van der Waals surface area contributed by atoms with Crippen LogP contribution >= 0.6 is 11.3 Å². The summed E-state index contributed by atoms with van der Waals surface area (Å²) in [6, 6.07) is 6.79. The van der Waals surface area contributed by atoms with Crippen LogP contribution in [0.25, 0.3) is 21.6 Å². The largest absolute Gasteiger partial charge is 0.332 e. The first-order valence-electron chi connectivity index (χ1n) is 8.68. The maximum Gasteiger partial charge on any atom is 0.230 e. The Morgan fingerprint density at radius 2 is 2.14 bits per heavy atom. The number of pyridine rings is 1. The van der Waals surface area contributed by atoms with Crippen LogP contribution in [0.2, 0.25) is 0 Å². The first-order valence-corrected chi connectivity index (χ1v) is 9.56. The molecule has 0 saturated carbocycles. The molecule has 1 N–H and O–H groups in total. The molecule has 0 atom stereocenters. The van der Waals surface area contributed by atoms with Crippen LogP contribution in [0.3, 0.4) is 0 Å². The van der Waals surface area contributed by atoms with E-state index in [1.165, 1.54) is 11.3 Å². The Kier molecular flexibility index (Phi) is 4.87. The fraction of sp³-hybridized carbons (Fsp3) is 0.150. The summed E-state index contributed by atoms with van der Waals surface area (Å²) in [6.45, 7) is 2.83. The molecule has 5 nitrogen and oxygen atoms in total. The molecule has 0 fully saturated rings. The van der Waals surface area contributed by atoms with Crippen LogP contribution in [-0.2, 0) is 17.8 Å². The van der Waals surface area contributed by atoms with E-state index in [9.17, 15) is 13.6 Å². The van der Waals surface area contributed by atoms with Crippen molar-refractivity contribution < 1.29 is 13.6 Å². The lowest BCUT2D eigenvalue weighted by atomic mass is 10.2. The van der Waals surface area contributed by atoms with Crippen molar-refractivity contribution in [2.24, 2.45) is 0 Å². The van der Waals surface area contributed by atoms with Crippen molar-refractivity contribution >= 4 is 34.0 Å². The average molecular weight is 398 g/mol. The van der Waals surface area contributed by atoms with Gasteiger partial charge in [-0.25, -0.2) is 18.7 Å². The highest BCUT2D eigenvalue weighted by Crippen LogP contribution is 2.32. The number of thiazole rings is 1. The standard InChI is InChI=1S/C20H16F2N4OS/c1-2-26-10-15(14-4-3-7-23-19(14)26)20-24-13(11-28-20)9-18(27)25-17-8-12(21)5-6-16(17)22/h3-8,10-11H,2,9H2,1H3,(H,25,27). The van der Waals surface area contributed by atoms with Gasteiger partial charge in [0.05, 0.1) is 17.8 Å². The van der Waals surface area contributed by atoms with Crippen molar-refractivity contribution in [1.82, 2.24) is 14.5 Å². The van der Waals surface area contributed by atoms with E-state index in [0.717, 1.165) is 46.3 Å². The summed E-state index contributed by atoms with van der Waals surface area (Å²) in [5.74, 6) is -1.76. The van der Waals surface area contributed by atoms with Gasteiger partial charge in [-0.1, -0.05) is 0 Å². The molecule has 1 aromatic carbocycles. The molecule has 0 radical (unpaired) electrons.